The molecule has 1 aromatic heterocycles. The van der Waals surface area contributed by atoms with Crippen LogP contribution in [0.2, 0.25) is 0 Å². The number of thiazole rings is 1. The Bertz CT molecular complexity index is 1000. The van der Waals surface area contributed by atoms with E-state index in [0.29, 0.717) is 22.2 Å². The molecule has 0 saturated heterocycles. The quantitative estimate of drug-likeness (QED) is 0.523. The summed E-state index contributed by atoms with van der Waals surface area (Å²) in [5.74, 6) is -0.625. The van der Waals surface area contributed by atoms with E-state index in [1.807, 2.05) is 18.2 Å². The molecule has 28 heavy (non-hydrogen) atoms. The van der Waals surface area contributed by atoms with E-state index in [0.717, 1.165) is 11.3 Å². The molecule has 0 spiro atoms. The van der Waals surface area contributed by atoms with Gasteiger partial charge in [-0.3, -0.25) is 14.9 Å². The first kappa shape index (κ1) is 19.1. The summed E-state index contributed by atoms with van der Waals surface area (Å²) in [4.78, 5) is 39.6. The summed E-state index contributed by atoms with van der Waals surface area (Å²) in [7, 11) is 0. The zero-order chi connectivity index (χ0) is 19.9. The minimum Gasteiger partial charge on any atom is -0.326 e. The molecule has 4 N–H and O–H groups in total. The first-order valence-electron chi connectivity index (χ1n) is 8.27. The predicted molar refractivity (Wildman–Crippen MR) is 110 cm³/mol. The number of benzene rings is 2. The summed E-state index contributed by atoms with van der Waals surface area (Å²) in [6.07, 6.45) is 0. The Morgan fingerprint density at radius 2 is 1.50 bits per heavy atom. The van der Waals surface area contributed by atoms with Crippen molar-refractivity contribution in [2.24, 2.45) is 0 Å². The van der Waals surface area contributed by atoms with Gasteiger partial charge in [-0.15, -0.1) is 11.3 Å². The third-order valence-corrected chi connectivity index (χ3v) is 4.19. The molecular formula is C19H17N5O3S. The van der Waals surface area contributed by atoms with Crippen LogP contribution in [0.25, 0.3) is 0 Å². The Morgan fingerprint density at radius 1 is 0.821 bits per heavy atom. The zero-order valence-corrected chi connectivity index (χ0v) is 15.7. The normalized spacial score (nSPS) is 10.0. The van der Waals surface area contributed by atoms with Crippen molar-refractivity contribution in [3.8, 4) is 0 Å². The summed E-state index contributed by atoms with van der Waals surface area (Å²) in [5.41, 5.74) is 1.91. The van der Waals surface area contributed by atoms with Crippen molar-refractivity contribution in [2.45, 2.75) is 6.92 Å². The Labute approximate surface area is 165 Å². The predicted octanol–water partition coefficient (Wildman–Crippen LogP) is 4.00. The van der Waals surface area contributed by atoms with Gasteiger partial charge in [-0.25, -0.2) is 9.78 Å². The second-order valence-corrected chi connectivity index (χ2v) is 6.56. The monoisotopic (exact) mass is 395 g/mol. The number of para-hydroxylation sites is 1. The Balaban J connectivity index is 1.59. The zero-order valence-electron chi connectivity index (χ0n) is 14.9. The number of carbonyl (C=O) groups is 3. The molecule has 0 atom stereocenters. The van der Waals surface area contributed by atoms with Gasteiger partial charge in [0.1, 0.15) is 5.69 Å². The Morgan fingerprint density at radius 3 is 2.21 bits per heavy atom. The van der Waals surface area contributed by atoms with Gasteiger partial charge in [0, 0.05) is 29.4 Å². The molecule has 0 aliphatic heterocycles. The number of hydrogen-bond acceptors (Lipinski definition) is 5. The van der Waals surface area contributed by atoms with Crippen molar-refractivity contribution >= 4 is 51.4 Å². The highest BCUT2D eigenvalue weighted by atomic mass is 32.1. The van der Waals surface area contributed by atoms with Crippen molar-refractivity contribution in [2.75, 3.05) is 21.3 Å². The third-order valence-electron chi connectivity index (χ3n) is 3.43. The number of aromatic nitrogens is 1. The van der Waals surface area contributed by atoms with E-state index >= 15 is 0 Å². The van der Waals surface area contributed by atoms with Gasteiger partial charge in [0.15, 0.2) is 5.13 Å². The largest absolute Gasteiger partial charge is 0.326 e. The van der Waals surface area contributed by atoms with Crippen LogP contribution in [0.3, 0.4) is 0 Å². The highest BCUT2D eigenvalue weighted by Crippen LogP contribution is 2.19. The fourth-order valence-electron chi connectivity index (χ4n) is 2.29. The summed E-state index contributed by atoms with van der Waals surface area (Å²) in [6, 6.07) is 15.3. The van der Waals surface area contributed by atoms with Gasteiger partial charge in [-0.2, -0.15) is 0 Å². The summed E-state index contributed by atoms with van der Waals surface area (Å²) in [5, 5.41) is 12.5. The number of hydrogen-bond donors (Lipinski definition) is 4. The lowest BCUT2D eigenvalue weighted by Gasteiger charge is -2.07. The molecule has 1 heterocycles. The summed E-state index contributed by atoms with van der Waals surface area (Å²) < 4.78 is 0. The molecule has 8 nitrogen and oxygen atoms in total. The lowest BCUT2D eigenvalue weighted by Crippen LogP contribution is -2.19. The number of nitrogens with zero attached hydrogens (tertiary/aromatic N) is 1. The van der Waals surface area contributed by atoms with E-state index in [1.54, 1.807) is 41.8 Å². The average molecular weight is 395 g/mol. The second kappa shape index (κ2) is 8.78. The molecule has 4 amide bonds. The number of rotatable bonds is 5. The highest BCUT2D eigenvalue weighted by molar-refractivity contribution is 7.14. The number of amides is 4. The van der Waals surface area contributed by atoms with E-state index < -0.39 is 11.9 Å². The first-order valence-corrected chi connectivity index (χ1v) is 9.15. The van der Waals surface area contributed by atoms with Crippen LogP contribution >= 0.6 is 11.3 Å². The van der Waals surface area contributed by atoms with E-state index in [4.69, 9.17) is 0 Å². The molecule has 3 rings (SSSR count). The van der Waals surface area contributed by atoms with Crippen LogP contribution in [0.5, 0.6) is 0 Å². The van der Waals surface area contributed by atoms with E-state index in [9.17, 15) is 14.4 Å². The molecule has 0 aliphatic rings. The first-order chi connectivity index (χ1) is 13.5. The van der Waals surface area contributed by atoms with Crippen molar-refractivity contribution in [3.63, 3.8) is 0 Å². The second-order valence-electron chi connectivity index (χ2n) is 5.70. The lowest BCUT2D eigenvalue weighted by molar-refractivity contribution is -0.114. The van der Waals surface area contributed by atoms with Gasteiger partial charge in [-0.05, 0) is 30.3 Å². The molecule has 3 aromatic rings. The van der Waals surface area contributed by atoms with Gasteiger partial charge in [0.05, 0.1) is 0 Å². The van der Waals surface area contributed by atoms with Crippen molar-refractivity contribution < 1.29 is 14.4 Å². The molecule has 0 aliphatic carbocycles. The fourth-order valence-corrected chi connectivity index (χ4v) is 2.98. The van der Waals surface area contributed by atoms with Gasteiger partial charge in [0.2, 0.25) is 5.91 Å². The Kier molecular flexibility index (Phi) is 5.97. The van der Waals surface area contributed by atoms with Gasteiger partial charge in [0.25, 0.3) is 5.91 Å². The van der Waals surface area contributed by atoms with Crippen LogP contribution in [-0.4, -0.2) is 22.8 Å². The van der Waals surface area contributed by atoms with Gasteiger partial charge < -0.3 is 16.0 Å². The smallest absolute Gasteiger partial charge is 0.325 e. The SMILES string of the molecule is CC(=O)Nc1cccc(NC(=O)c2csc(NC(=O)Nc3ccccc3)n2)c1. The molecular weight excluding hydrogens is 378 g/mol. The van der Waals surface area contributed by atoms with Gasteiger partial charge >= 0.3 is 6.03 Å². The fraction of sp³-hybridized carbons (Fsp3) is 0.0526. The number of urea groups is 1. The van der Waals surface area contributed by atoms with E-state index in [2.05, 4.69) is 26.3 Å². The van der Waals surface area contributed by atoms with Crippen molar-refractivity contribution in [3.05, 3.63) is 65.7 Å². The Hall–Kier alpha value is -3.72. The molecule has 9 heteroatoms. The van der Waals surface area contributed by atoms with Gasteiger partial charge in [-0.1, -0.05) is 24.3 Å². The molecule has 0 unspecified atom stereocenters. The maximum Gasteiger partial charge on any atom is 0.325 e. The van der Waals surface area contributed by atoms with Crippen LogP contribution in [0.4, 0.5) is 27.0 Å². The van der Waals surface area contributed by atoms with Crippen LogP contribution < -0.4 is 21.3 Å². The maximum atomic E-state index is 12.4. The third kappa shape index (κ3) is 5.39. The minimum absolute atomic E-state index is 0.171. The number of anilines is 4. The standard InChI is InChI=1S/C19H17N5O3S/c1-12(25)20-14-8-5-9-15(10-14)21-17(26)16-11-28-19(23-16)24-18(27)22-13-6-3-2-4-7-13/h2-11H,1H3,(H,20,25)(H,21,26)(H2,22,23,24,27). The van der Waals surface area contributed by atoms with Crippen LogP contribution in [0, 0.1) is 0 Å². The van der Waals surface area contributed by atoms with Crippen LogP contribution in [0.1, 0.15) is 17.4 Å². The van der Waals surface area contributed by atoms with Crippen molar-refractivity contribution in [1.82, 2.24) is 4.98 Å². The molecule has 142 valence electrons. The van der Waals surface area contributed by atoms with Crippen LogP contribution in [-0.2, 0) is 4.79 Å². The topological polar surface area (TPSA) is 112 Å². The molecule has 0 fully saturated rings. The maximum absolute atomic E-state index is 12.4. The highest BCUT2D eigenvalue weighted by Gasteiger charge is 2.13. The molecule has 0 radical (unpaired) electrons. The summed E-state index contributed by atoms with van der Waals surface area (Å²) >= 11 is 1.14. The minimum atomic E-state index is -0.449. The summed E-state index contributed by atoms with van der Waals surface area (Å²) in [6.45, 7) is 1.41. The van der Waals surface area contributed by atoms with Crippen molar-refractivity contribution in [1.29, 1.82) is 0 Å². The molecule has 0 saturated carbocycles. The number of nitrogens with one attached hydrogen (secondary N) is 4. The average Bonchev–Trinajstić information content (AvgIpc) is 3.11. The number of carbonyl (C=O) groups excluding carboxylic acids is 3. The van der Waals surface area contributed by atoms with E-state index in [1.165, 1.54) is 6.92 Å². The molecule has 0 bridgehead atoms. The van der Waals surface area contributed by atoms with E-state index in [-0.39, 0.29) is 11.6 Å². The van der Waals surface area contributed by atoms with Crippen LogP contribution in [0.15, 0.2) is 60.0 Å². The molecule has 2 aromatic carbocycles. The lowest BCUT2D eigenvalue weighted by atomic mass is 10.2.